The summed E-state index contributed by atoms with van der Waals surface area (Å²) in [5.74, 6) is 0.588. The van der Waals surface area contributed by atoms with E-state index in [1.807, 2.05) is 12.1 Å². The van der Waals surface area contributed by atoms with Crippen LogP contribution >= 0.6 is 0 Å². The SMILES string of the molecule is Cc1c(COc2ccc(NC(=O)c3ccccc3OCCCC(=O)O)cc2)ccc(CC(C)C)c1C. The van der Waals surface area contributed by atoms with Gasteiger partial charge in [0.2, 0.25) is 0 Å². The number of carboxylic acid groups (broad SMARTS) is 1. The van der Waals surface area contributed by atoms with Gasteiger partial charge in [0.05, 0.1) is 12.2 Å². The number of para-hydroxylation sites is 1. The van der Waals surface area contributed by atoms with Gasteiger partial charge in [-0.15, -0.1) is 0 Å². The molecule has 0 atom stereocenters. The molecular weight excluding hydrogens is 454 g/mol. The van der Waals surface area contributed by atoms with Crippen LogP contribution < -0.4 is 14.8 Å². The molecule has 0 spiro atoms. The zero-order chi connectivity index (χ0) is 26.1. The molecule has 2 N–H and O–H groups in total. The van der Waals surface area contributed by atoms with Crippen molar-refractivity contribution in [3.63, 3.8) is 0 Å². The number of hydrogen-bond acceptors (Lipinski definition) is 4. The van der Waals surface area contributed by atoms with Crippen molar-refractivity contribution in [2.24, 2.45) is 5.92 Å². The number of aliphatic carboxylic acids is 1. The lowest BCUT2D eigenvalue weighted by atomic mass is 9.93. The predicted molar refractivity (Wildman–Crippen MR) is 142 cm³/mol. The van der Waals surface area contributed by atoms with Gasteiger partial charge in [0, 0.05) is 12.1 Å². The molecule has 0 saturated heterocycles. The molecule has 0 fully saturated rings. The number of benzene rings is 3. The molecule has 0 radical (unpaired) electrons. The number of anilines is 1. The van der Waals surface area contributed by atoms with E-state index in [-0.39, 0.29) is 18.9 Å². The molecule has 0 heterocycles. The molecule has 3 rings (SSSR count). The summed E-state index contributed by atoms with van der Waals surface area (Å²) >= 11 is 0. The van der Waals surface area contributed by atoms with Crippen LogP contribution in [0, 0.1) is 19.8 Å². The molecule has 0 aliphatic carbocycles. The second kappa shape index (κ2) is 12.8. The first-order valence-electron chi connectivity index (χ1n) is 12.3. The average molecular weight is 490 g/mol. The third-order valence-corrected chi connectivity index (χ3v) is 6.07. The Kier molecular flexibility index (Phi) is 9.51. The smallest absolute Gasteiger partial charge is 0.303 e. The van der Waals surface area contributed by atoms with Crippen molar-refractivity contribution in [3.05, 3.63) is 88.5 Å². The van der Waals surface area contributed by atoms with E-state index in [9.17, 15) is 9.59 Å². The molecule has 6 heteroatoms. The molecular formula is C30H35NO5. The first-order valence-corrected chi connectivity index (χ1v) is 12.3. The van der Waals surface area contributed by atoms with Crippen LogP contribution in [0.15, 0.2) is 60.7 Å². The number of carbonyl (C=O) groups is 2. The topological polar surface area (TPSA) is 84.9 Å². The van der Waals surface area contributed by atoms with Gasteiger partial charge >= 0.3 is 5.97 Å². The van der Waals surface area contributed by atoms with Gasteiger partial charge in [-0.05, 0) is 91.3 Å². The van der Waals surface area contributed by atoms with Gasteiger partial charge in [-0.2, -0.15) is 0 Å². The second-order valence-electron chi connectivity index (χ2n) is 9.34. The lowest BCUT2D eigenvalue weighted by molar-refractivity contribution is -0.137. The molecule has 3 aromatic carbocycles. The fraction of sp³-hybridized carbons (Fsp3) is 0.333. The van der Waals surface area contributed by atoms with E-state index in [1.54, 1.807) is 36.4 Å². The molecule has 6 nitrogen and oxygen atoms in total. The van der Waals surface area contributed by atoms with Crippen LogP contribution in [0.3, 0.4) is 0 Å². The Hall–Kier alpha value is -3.80. The van der Waals surface area contributed by atoms with E-state index < -0.39 is 5.97 Å². The highest BCUT2D eigenvalue weighted by Crippen LogP contribution is 2.24. The van der Waals surface area contributed by atoms with E-state index in [1.165, 1.54) is 16.7 Å². The molecule has 0 unspecified atom stereocenters. The molecule has 190 valence electrons. The minimum atomic E-state index is -0.873. The lowest BCUT2D eigenvalue weighted by Gasteiger charge is -2.16. The summed E-state index contributed by atoms with van der Waals surface area (Å²) in [6.07, 6.45) is 1.46. The first kappa shape index (κ1) is 26.8. The van der Waals surface area contributed by atoms with Crippen LogP contribution in [0.2, 0.25) is 0 Å². The van der Waals surface area contributed by atoms with Crippen LogP contribution in [-0.4, -0.2) is 23.6 Å². The maximum absolute atomic E-state index is 12.8. The van der Waals surface area contributed by atoms with Crippen molar-refractivity contribution in [3.8, 4) is 11.5 Å². The van der Waals surface area contributed by atoms with E-state index in [4.69, 9.17) is 14.6 Å². The molecule has 3 aromatic rings. The van der Waals surface area contributed by atoms with Crippen LogP contribution in [0.5, 0.6) is 11.5 Å². The molecule has 0 bridgehead atoms. The second-order valence-corrected chi connectivity index (χ2v) is 9.34. The number of carbonyl (C=O) groups excluding carboxylic acids is 1. The number of ether oxygens (including phenoxy) is 2. The highest BCUT2D eigenvalue weighted by Gasteiger charge is 2.13. The van der Waals surface area contributed by atoms with E-state index >= 15 is 0 Å². The minimum absolute atomic E-state index is 0.0192. The number of amides is 1. The average Bonchev–Trinajstić information content (AvgIpc) is 2.85. The Morgan fingerprint density at radius 1 is 0.889 bits per heavy atom. The number of rotatable bonds is 12. The third kappa shape index (κ3) is 7.60. The summed E-state index contributed by atoms with van der Waals surface area (Å²) in [4.78, 5) is 23.5. The van der Waals surface area contributed by atoms with Crippen molar-refractivity contribution in [2.75, 3.05) is 11.9 Å². The maximum atomic E-state index is 12.8. The van der Waals surface area contributed by atoms with E-state index in [0.717, 1.165) is 17.7 Å². The summed E-state index contributed by atoms with van der Waals surface area (Å²) in [5, 5.41) is 11.6. The van der Waals surface area contributed by atoms with Gasteiger partial charge in [-0.3, -0.25) is 9.59 Å². The summed E-state index contributed by atoms with van der Waals surface area (Å²) < 4.78 is 11.6. The Morgan fingerprint density at radius 3 is 2.25 bits per heavy atom. The van der Waals surface area contributed by atoms with Crippen LogP contribution in [0.1, 0.15) is 59.3 Å². The van der Waals surface area contributed by atoms with Crippen molar-refractivity contribution >= 4 is 17.6 Å². The molecule has 0 aromatic heterocycles. The maximum Gasteiger partial charge on any atom is 0.303 e. The monoisotopic (exact) mass is 489 g/mol. The fourth-order valence-electron chi connectivity index (χ4n) is 3.93. The lowest BCUT2D eigenvalue weighted by Crippen LogP contribution is -2.14. The standard InChI is InChI=1S/C30H35NO5/c1-20(2)18-23-11-12-24(22(4)21(23)3)19-36-26-15-13-25(14-16-26)31-30(34)27-8-5-6-9-28(27)35-17-7-10-29(32)33/h5-6,8-9,11-16,20H,7,10,17-19H2,1-4H3,(H,31,34)(H,32,33). The summed E-state index contributed by atoms with van der Waals surface area (Å²) in [6.45, 7) is 9.48. The normalized spacial score (nSPS) is 10.8. The Bertz CT molecular complexity index is 1180. The van der Waals surface area contributed by atoms with Crippen molar-refractivity contribution < 1.29 is 24.2 Å². The highest BCUT2D eigenvalue weighted by molar-refractivity contribution is 6.06. The fourth-order valence-corrected chi connectivity index (χ4v) is 3.93. The molecule has 0 saturated carbocycles. The quantitative estimate of drug-likeness (QED) is 0.281. The Balaban J connectivity index is 1.58. The third-order valence-electron chi connectivity index (χ3n) is 6.07. The molecule has 0 aliphatic rings. The molecule has 36 heavy (non-hydrogen) atoms. The Morgan fingerprint density at radius 2 is 1.56 bits per heavy atom. The summed E-state index contributed by atoms with van der Waals surface area (Å²) in [5.41, 5.74) is 6.17. The zero-order valence-corrected chi connectivity index (χ0v) is 21.5. The molecule has 1 amide bonds. The van der Waals surface area contributed by atoms with Crippen molar-refractivity contribution in [2.45, 2.75) is 53.6 Å². The van der Waals surface area contributed by atoms with Crippen LogP contribution in [0.25, 0.3) is 0 Å². The van der Waals surface area contributed by atoms with E-state index in [2.05, 4.69) is 45.1 Å². The van der Waals surface area contributed by atoms with E-state index in [0.29, 0.717) is 35.9 Å². The van der Waals surface area contributed by atoms with Crippen LogP contribution in [0.4, 0.5) is 5.69 Å². The van der Waals surface area contributed by atoms with Crippen molar-refractivity contribution in [1.29, 1.82) is 0 Å². The largest absolute Gasteiger partial charge is 0.493 e. The van der Waals surface area contributed by atoms with Gasteiger partial charge in [0.1, 0.15) is 18.1 Å². The predicted octanol–water partition coefficient (Wildman–Crippen LogP) is 6.58. The van der Waals surface area contributed by atoms with Crippen LogP contribution in [-0.2, 0) is 17.8 Å². The number of carboxylic acids is 1. The zero-order valence-electron chi connectivity index (χ0n) is 21.5. The van der Waals surface area contributed by atoms with Crippen molar-refractivity contribution in [1.82, 2.24) is 0 Å². The minimum Gasteiger partial charge on any atom is -0.493 e. The Labute approximate surface area is 213 Å². The first-order chi connectivity index (χ1) is 17.2. The summed E-state index contributed by atoms with van der Waals surface area (Å²) in [6, 6.07) is 18.5. The summed E-state index contributed by atoms with van der Waals surface area (Å²) in [7, 11) is 0. The van der Waals surface area contributed by atoms with Gasteiger partial charge < -0.3 is 19.9 Å². The number of hydrogen-bond donors (Lipinski definition) is 2. The van der Waals surface area contributed by atoms with Gasteiger partial charge in [-0.25, -0.2) is 0 Å². The number of nitrogens with one attached hydrogen (secondary N) is 1. The molecule has 0 aliphatic heterocycles. The van der Waals surface area contributed by atoms with Gasteiger partial charge in [0.25, 0.3) is 5.91 Å². The van der Waals surface area contributed by atoms with Gasteiger partial charge in [-0.1, -0.05) is 38.1 Å². The highest BCUT2D eigenvalue weighted by atomic mass is 16.5. The van der Waals surface area contributed by atoms with Gasteiger partial charge in [0.15, 0.2) is 0 Å².